The van der Waals surface area contributed by atoms with E-state index in [9.17, 15) is 4.79 Å². The largest absolute Gasteiger partial charge is 0.290 e. The summed E-state index contributed by atoms with van der Waals surface area (Å²) in [6.45, 7) is 0. The van der Waals surface area contributed by atoms with Crippen molar-refractivity contribution in [1.82, 2.24) is 19.8 Å². The van der Waals surface area contributed by atoms with Gasteiger partial charge in [-0.15, -0.1) is 10.2 Å². The predicted molar refractivity (Wildman–Crippen MR) is 53.9 cm³/mol. The van der Waals surface area contributed by atoms with Crippen molar-refractivity contribution in [2.75, 3.05) is 5.33 Å². The summed E-state index contributed by atoms with van der Waals surface area (Å²) < 4.78 is 1.33. The minimum absolute atomic E-state index is 0.180. The minimum Gasteiger partial charge on any atom is -0.290 e. The van der Waals surface area contributed by atoms with Crippen LogP contribution in [0.15, 0.2) is 12.1 Å². The molecule has 14 heavy (non-hydrogen) atoms. The second kappa shape index (κ2) is 3.62. The SMILES string of the molecule is O=C(CBr)c1nnc2ccc(Cl)nn12. The van der Waals surface area contributed by atoms with Crippen LogP contribution in [0.2, 0.25) is 5.15 Å². The van der Waals surface area contributed by atoms with E-state index in [1.807, 2.05) is 0 Å². The van der Waals surface area contributed by atoms with Crippen molar-refractivity contribution in [3.8, 4) is 0 Å². The summed E-state index contributed by atoms with van der Waals surface area (Å²) >= 11 is 8.73. The quantitative estimate of drug-likeness (QED) is 0.613. The fraction of sp³-hybridized carbons (Fsp3) is 0.143. The van der Waals surface area contributed by atoms with Crippen LogP contribution in [0.1, 0.15) is 10.6 Å². The normalized spacial score (nSPS) is 10.7. The maximum Gasteiger partial charge on any atom is 0.222 e. The first kappa shape index (κ1) is 9.54. The molecule has 2 aromatic heterocycles. The molecular weight excluding hydrogens is 271 g/mol. The summed E-state index contributed by atoms with van der Waals surface area (Å²) in [5.74, 6) is -0.00774. The van der Waals surface area contributed by atoms with Gasteiger partial charge in [0.05, 0.1) is 5.33 Å². The second-order valence-electron chi connectivity index (χ2n) is 2.51. The first-order chi connectivity index (χ1) is 6.72. The summed E-state index contributed by atoms with van der Waals surface area (Å²) in [6.07, 6.45) is 0. The van der Waals surface area contributed by atoms with Crippen LogP contribution < -0.4 is 0 Å². The highest BCUT2D eigenvalue weighted by Crippen LogP contribution is 2.08. The molecule has 0 bridgehead atoms. The monoisotopic (exact) mass is 274 g/mol. The van der Waals surface area contributed by atoms with Crippen LogP contribution in [0.5, 0.6) is 0 Å². The van der Waals surface area contributed by atoms with Gasteiger partial charge >= 0.3 is 0 Å². The molecule has 0 spiro atoms. The Morgan fingerprint density at radius 2 is 2.29 bits per heavy atom. The van der Waals surface area contributed by atoms with Crippen LogP contribution in [0.4, 0.5) is 0 Å². The Labute approximate surface area is 92.2 Å². The van der Waals surface area contributed by atoms with Gasteiger partial charge in [0, 0.05) is 0 Å². The number of aromatic nitrogens is 4. The van der Waals surface area contributed by atoms with Crippen molar-refractivity contribution < 1.29 is 4.79 Å². The van der Waals surface area contributed by atoms with E-state index in [2.05, 4.69) is 31.2 Å². The highest BCUT2D eigenvalue weighted by atomic mass is 79.9. The van der Waals surface area contributed by atoms with Gasteiger partial charge in [-0.3, -0.25) is 4.79 Å². The molecular formula is C7H4BrClN4O. The molecule has 0 aliphatic carbocycles. The number of Topliss-reactive ketones (excluding diaryl/α,β-unsaturated/α-hetero) is 1. The van der Waals surface area contributed by atoms with Crippen LogP contribution in [-0.2, 0) is 0 Å². The van der Waals surface area contributed by atoms with Crippen molar-refractivity contribution in [3.63, 3.8) is 0 Å². The number of carbonyl (C=O) groups is 1. The fourth-order valence-corrected chi connectivity index (χ4v) is 1.39. The molecule has 0 atom stereocenters. The van der Waals surface area contributed by atoms with Gasteiger partial charge in [0.15, 0.2) is 5.65 Å². The summed E-state index contributed by atoms with van der Waals surface area (Å²) in [7, 11) is 0. The Kier molecular flexibility index (Phi) is 2.47. The third-order valence-corrected chi connectivity index (χ3v) is 2.31. The fourth-order valence-electron chi connectivity index (χ4n) is 1.00. The Morgan fingerprint density at radius 3 is 3.00 bits per heavy atom. The van der Waals surface area contributed by atoms with E-state index in [0.29, 0.717) is 10.8 Å². The van der Waals surface area contributed by atoms with Gasteiger partial charge in [-0.2, -0.15) is 9.61 Å². The molecule has 2 aromatic rings. The van der Waals surface area contributed by atoms with Gasteiger partial charge < -0.3 is 0 Å². The maximum absolute atomic E-state index is 11.3. The average molecular weight is 275 g/mol. The van der Waals surface area contributed by atoms with Crippen LogP contribution in [0.25, 0.3) is 5.65 Å². The Balaban J connectivity index is 2.67. The topological polar surface area (TPSA) is 60.2 Å². The van der Waals surface area contributed by atoms with Gasteiger partial charge in [-0.25, -0.2) is 0 Å². The van der Waals surface area contributed by atoms with Crippen LogP contribution in [0, 0.1) is 0 Å². The molecule has 0 aliphatic rings. The van der Waals surface area contributed by atoms with E-state index < -0.39 is 0 Å². The van der Waals surface area contributed by atoms with E-state index in [1.165, 1.54) is 4.52 Å². The van der Waals surface area contributed by atoms with Crippen molar-refractivity contribution >= 4 is 39.0 Å². The molecule has 0 fully saturated rings. The van der Waals surface area contributed by atoms with Gasteiger partial charge in [-0.1, -0.05) is 27.5 Å². The zero-order valence-electron chi connectivity index (χ0n) is 6.81. The van der Waals surface area contributed by atoms with Crippen molar-refractivity contribution in [1.29, 1.82) is 0 Å². The molecule has 72 valence electrons. The van der Waals surface area contributed by atoms with Crippen molar-refractivity contribution in [2.24, 2.45) is 0 Å². The molecule has 2 heterocycles. The number of hydrogen-bond donors (Lipinski definition) is 0. The molecule has 0 aromatic carbocycles. The molecule has 0 unspecified atom stereocenters. The number of fused-ring (bicyclic) bond motifs is 1. The Morgan fingerprint density at radius 1 is 1.50 bits per heavy atom. The zero-order valence-corrected chi connectivity index (χ0v) is 9.16. The molecule has 7 heteroatoms. The lowest BCUT2D eigenvalue weighted by atomic mass is 10.4. The summed E-state index contributed by atoms with van der Waals surface area (Å²) in [4.78, 5) is 11.3. The molecule has 0 aliphatic heterocycles. The lowest BCUT2D eigenvalue weighted by molar-refractivity contribution is 0.101. The number of halogens is 2. The zero-order chi connectivity index (χ0) is 10.1. The van der Waals surface area contributed by atoms with E-state index >= 15 is 0 Å². The maximum atomic E-state index is 11.3. The molecule has 2 rings (SSSR count). The standard InChI is InChI=1S/C7H4BrClN4O/c8-3-4(14)7-11-10-6-2-1-5(9)12-13(6)7/h1-2H,3H2. The molecule has 5 nitrogen and oxygen atoms in total. The number of nitrogens with zero attached hydrogens (tertiary/aromatic N) is 4. The van der Waals surface area contributed by atoms with Crippen molar-refractivity contribution in [3.05, 3.63) is 23.1 Å². The van der Waals surface area contributed by atoms with E-state index in [1.54, 1.807) is 12.1 Å². The van der Waals surface area contributed by atoms with Crippen LogP contribution in [0.3, 0.4) is 0 Å². The van der Waals surface area contributed by atoms with Gasteiger partial charge in [-0.05, 0) is 12.1 Å². The lowest BCUT2D eigenvalue weighted by Gasteiger charge is -1.94. The molecule has 0 N–H and O–H groups in total. The summed E-state index contributed by atoms with van der Waals surface area (Å²) in [6, 6.07) is 3.24. The first-order valence-corrected chi connectivity index (χ1v) is 5.19. The first-order valence-electron chi connectivity index (χ1n) is 3.69. The number of carbonyl (C=O) groups excluding carboxylic acids is 1. The van der Waals surface area contributed by atoms with Gasteiger partial charge in [0.1, 0.15) is 5.15 Å². The Bertz CT molecular complexity index is 497. The number of alkyl halides is 1. The van der Waals surface area contributed by atoms with Gasteiger partial charge in [0.25, 0.3) is 0 Å². The lowest BCUT2D eigenvalue weighted by Crippen LogP contribution is -2.08. The highest BCUT2D eigenvalue weighted by molar-refractivity contribution is 9.09. The number of ketones is 1. The van der Waals surface area contributed by atoms with E-state index in [0.717, 1.165) is 0 Å². The highest BCUT2D eigenvalue weighted by Gasteiger charge is 2.13. The molecule has 0 radical (unpaired) electrons. The second-order valence-corrected chi connectivity index (χ2v) is 3.45. The number of hydrogen-bond acceptors (Lipinski definition) is 4. The van der Waals surface area contributed by atoms with Crippen LogP contribution >= 0.6 is 27.5 Å². The van der Waals surface area contributed by atoms with Gasteiger partial charge in [0.2, 0.25) is 11.6 Å². The third kappa shape index (κ3) is 1.51. The molecule has 0 amide bonds. The Hall–Kier alpha value is -1.01. The minimum atomic E-state index is -0.188. The van der Waals surface area contributed by atoms with Crippen molar-refractivity contribution in [2.45, 2.75) is 0 Å². The molecule has 0 saturated heterocycles. The smallest absolute Gasteiger partial charge is 0.222 e. The average Bonchev–Trinajstić information content (AvgIpc) is 2.59. The summed E-state index contributed by atoms with van der Waals surface area (Å²) in [5.41, 5.74) is 0.499. The number of rotatable bonds is 2. The third-order valence-electron chi connectivity index (χ3n) is 1.60. The van der Waals surface area contributed by atoms with E-state index in [-0.39, 0.29) is 16.9 Å². The molecule has 0 saturated carbocycles. The van der Waals surface area contributed by atoms with E-state index in [4.69, 9.17) is 11.6 Å². The predicted octanol–water partition coefficient (Wildman–Crippen LogP) is 1.36. The van der Waals surface area contributed by atoms with Crippen LogP contribution in [-0.4, -0.2) is 30.9 Å². The summed E-state index contributed by atoms with van der Waals surface area (Å²) in [5, 5.41) is 11.9.